The number of fused-ring (bicyclic) bond motifs is 1. The van der Waals surface area contributed by atoms with E-state index < -0.39 is 16.4 Å². The monoisotopic (exact) mass is 535 g/mol. The Labute approximate surface area is 227 Å². The fourth-order valence-electron chi connectivity index (χ4n) is 4.51. The number of hydrogen-bond donors (Lipinski definition) is 1. The van der Waals surface area contributed by atoms with Gasteiger partial charge in [-0.25, -0.2) is 9.19 Å². The second-order valence-electron chi connectivity index (χ2n) is 11.5. The van der Waals surface area contributed by atoms with Crippen molar-refractivity contribution in [3.8, 4) is 6.07 Å². The number of anilines is 2. The molecule has 0 spiro atoms. The van der Waals surface area contributed by atoms with Gasteiger partial charge in [0.05, 0.1) is 27.7 Å². The van der Waals surface area contributed by atoms with Gasteiger partial charge in [0, 0.05) is 37.9 Å². The Morgan fingerprint density at radius 3 is 2.42 bits per heavy atom. The molecule has 0 radical (unpaired) electrons. The first-order chi connectivity index (χ1) is 17.9. The molecule has 1 amide bonds. The molecule has 1 aromatic heterocycles. The van der Waals surface area contributed by atoms with E-state index in [4.69, 9.17) is 15.0 Å². The number of carbonyl (C=O) groups is 1. The van der Waals surface area contributed by atoms with Gasteiger partial charge in [-0.15, -0.1) is 0 Å². The molecule has 202 valence electrons. The van der Waals surface area contributed by atoms with Crippen molar-refractivity contribution in [1.82, 2.24) is 9.55 Å². The first-order valence-electron chi connectivity index (χ1n) is 13.0. The van der Waals surface area contributed by atoms with Crippen LogP contribution in [0.1, 0.15) is 53.3 Å². The number of ether oxygens (including phenoxy) is 1. The molecule has 1 aliphatic heterocycles. The van der Waals surface area contributed by atoms with Crippen LogP contribution < -0.4 is 9.62 Å². The average molecular weight is 536 g/mol. The zero-order valence-electron chi connectivity index (χ0n) is 23.1. The third-order valence-corrected chi connectivity index (χ3v) is 8.34. The molecule has 1 unspecified atom stereocenters. The van der Waals surface area contributed by atoms with Gasteiger partial charge in [0.15, 0.2) is 11.0 Å². The number of nitriles is 1. The van der Waals surface area contributed by atoms with Gasteiger partial charge in [0.25, 0.3) is 0 Å². The zero-order chi connectivity index (χ0) is 27.7. The van der Waals surface area contributed by atoms with E-state index in [9.17, 15) is 9.00 Å². The van der Waals surface area contributed by atoms with Crippen LogP contribution in [0.25, 0.3) is 11.0 Å². The van der Waals surface area contributed by atoms with E-state index in [2.05, 4.69) is 36.7 Å². The number of benzene rings is 2. The SMILES string of the molecule is CN(c1ccc2c(c1)nc(C(C)(C)C)n2CC1CCOCC1)S(=O)c1ccc(NC(=O)C(C)(C)C#N)cc1. The van der Waals surface area contributed by atoms with Crippen LogP contribution in [0.2, 0.25) is 0 Å². The zero-order valence-corrected chi connectivity index (χ0v) is 23.9. The molecule has 8 nitrogen and oxygen atoms in total. The molecule has 1 fully saturated rings. The molecule has 2 aromatic carbocycles. The summed E-state index contributed by atoms with van der Waals surface area (Å²) in [6, 6.07) is 14.9. The van der Waals surface area contributed by atoms with Gasteiger partial charge < -0.3 is 14.6 Å². The van der Waals surface area contributed by atoms with Crippen molar-refractivity contribution in [2.75, 3.05) is 29.9 Å². The highest BCUT2D eigenvalue weighted by Crippen LogP contribution is 2.32. The Kier molecular flexibility index (Phi) is 7.96. The van der Waals surface area contributed by atoms with Gasteiger partial charge in [-0.2, -0.15) is 5.26 Å². The van der Waals surface area contributed by atoms with Crippen LogP contribution in [0.15, 0.2) is 47.4 Å². The minimum Gasteiger partial charge on any atom is -0.381 e. The largest absolute Gasteiger partial charge is 0.381 e. The number of rotatable bonds is 7. The summed E-state index contributed by atoms with van der Waals surface area (Å²) < 4.78 is 23.0. The van der Waals surface area contributed by atoms with Crippen LogP contribution >= 0.6 is 0 Å². The van der Waals surface area contributed by atoms with Gasteiger partial charge in [-0.3, -0.25) is 9.10 Å². The van der Waals surface area contributed by atoms with Crippen LogP contribution in [0, 0.1) is 22.7 Å². The van der Waals surface area contributed by atoms with Crippen molar-refractivity contribution >= 4 is 39.3 Å². The third-order valence-electron chi connectivity index (χ3n) is 6.96. The standard InChI is InChI=1S/C29H37N5O3S/c1-28(2,3)26-32-24-17-22(9-12-25(24)34(26)18-20-13-15-37-16-14-20)33(6)38(36)23-10-7-21(8-11-23)31-27(35)29(4,5)19-30/h7-12,17,20H,13-16,18H2,1-6H3,(H,31,35). The summed E-state index contributed by atoms with van der Waals surface area (Å²) in [5.74, 6) is 1.23. The summed E-state index contributed by atoms with van der Waals surface area (Å²) in [7, 11) is 0.335. The molecule has 0 saturated carbocycles. The number of carbonyl (C=O) groups excluding carboxylic acids is 1. The molecule has 1 aliphatic rings. The Morgan fingerprint density at radius 1 is 1.16 bits per heavy atom. The second kappa shape index (κ2) is 10.9. The third kappa shape index (κ3) is 5.92. The van der Waals surface area contributed by atoms with Crippen molar-refractivity contribution in [3.63, 3.8) is 0 Å². The molecular formula is C29H37N5O3S. The summed E-state index contributed by atoms with van der Waals surface area (Å²) >= 11 is 0. The maximum atomic E-state index is 13.4. The lowest BCUT2D eigenvalue weighted by Crippen LogP contribution is -2.29. The molecule has 0 aliphatic carbocycles. The molecule has 9 heteroatoms. The predicted molar refractivity (Wildman–Crippen MR) is 151 cm³/mol. The van der Waals surface area contributed by atoms with Crippen LogP contribution in [-0.4, -0.2) is 39.9 Å². The molecule has 0 bridgehead atoms. The van der Waals surface area contributed by atoms with E-state index in [-0.39, 0.29) is 11.3 Å². The van der Waals surface area contributed by atoms with Crippen LogP contribution in [-0.2, 0) is 32.5 Å². The van der Waals surface area contributed by atoms with E-state index in [0.29, 0.717) is 16.5 Å². The normalized spacial score (nSPS) is 15.7. The van der Waals surface area contributed by atoms with Crippen LogP contribution in [0.5, 0.6) is 0 Å². The Bertz CT molecular complexity index is 1380. The summed E-state index contributed by atoms with van der Waals surface area (Å²) in [4.78, 5) is 17.9. The van der Waals surface area contributed by atoms with Crippen molar-refractivity contribution in [3.05, 3.63) is 48.3 Å². The summed E-state index contributed by atoms with van der Waals surface area (Å²) in [5.41, 5.74) is 2.09. The van der Waals surface area contributed by atoms with Crippen LogP contribution in [0.3, 0.4) is 0 Å². The van der Waals surface area contributed by atoms with Crippen LogP contribution in [0.4, 0.5) is 11.4 Å². The molecule has 38 heavy (non-hydrogen) atoms. The number of nitrogens with zero attached hydrogens (tertiary/aromatic N) is 4. The number of imidazole rings is 1. The minimum atomic E-state index is -1.46. The quantitative estimate of drug-likeness (QED) is 0.436. The number of hydrogen-bond acceptors (Lipinski definition) is 5. The number of aromatic nitrogens is 2. The van der Waals surface area contributed by atoms with E-state index in [1.165, 1.54) is 0 Å². The first kappa shape index (κ1) is 27.8. The fraction of sp³-hybridized carbons (Fsp3) is 0.483. The lowest BCUT2D eigenvalue weighted by Gasteiger charge is -2.26. The first-order valence-corrected chi connectivity index (χ1v) is 14.1. The van der Waals surface area contributed by atoms with E-state index in [1.807, 2.05) is 18.2 Å². The minimum absolute atomic E-state index is 0.112. The average Bonchev–Trinajstić information content (AvgIpc) is 3.27. The van der Waals surface area contributed by atoms with Gasteiger partial charge in [0.2, 0.25) is 5.91 Å². The molecular weight excluding hydrogens is 498 g/mol. The highest BCUT2D eigenvalue weighted by Gasteiger charge is 2.28. The smallest absolute Gasteiger partial charge is 0.244 e. The lowest BCUT2D eigenvalue weighted by molar-refractivity contribution is -0.121. The van der Waals surface area contributed by atoms with Gasteiger partial charge >= 0.3 is 0 Å². The maximum Gasteiger partial charge on any atom is 0.244 e. The fourth-order valence-corrected chi connectivity index (χ4v) is 5.50. The van der Waals surface area contributed by atoms with E-state index >= 15 is 0 Å². The van der Waals surface area contributed by atoms with Gasteiger partial charge in [0.1, 0.15) is 11.2 Å². The Balaban J connectivity index is 1.56. The van der Waals surface area contributed by atoms with E-state index in [0.717, 1.165) is 55.1 Å². The lowest BCUT2D eigenvalue weighted by atomic mass is 9.94. The summed E-state index contributed by atoms with van der Waals surface area (Å²) in [5, 5.41) is 11.9. The molecule has 4 rings (SSSR count). The van der Waals surface area contributed by atoms with Crippen molar-refractivity contribution in [2.45, 2.75) is 64.3 Å². The summed E-state index contributed by atoms with van der Waals surface area (Å²) in [6.07, 6.45) is 2.11. The maximum absolute atomic E-state index is 13.4. The molecule has 3 aromatic rings. The van der Waals surface area contributed by atoms with Gasteiger partial charge in [-0.05, 0) is 75.1 Å². The second-order valence-corrected chi connectivity index (χ2v) is 13.0. The topological polar surface area (TPSA) is 100 Å². The molecule has 1 N–H and O–H groups in total. The Hall–Kier alpha value is -3.22. The predicted octanol–water partition coefficient (Wildman–Crippen LogP) is 5.41. The highest BCUT2D eigenvalue weighted by molar-refractivity contribution is 7.86. The van der Waals surface area contributed by atoms with E-state index in [1.54, 1.807) is 49.5 Å². The number of nitrogens with one attached hydrogen (secondary N) is 1. The molecule has 1 atom stereocenters. The Morgan fingerprint density at radius 2 is 1.82 bits per heavy atom. The molecule has 1 saturated heterocycles. The highest BCUT2D eigenvalue weighted by atomic mass is 32.2. The van der Waals surface area contributed by atoms with Crippen molar-refractivity contribution in [1.29, 1.82) is 5.26 Å². The van der Waals surface area contributed by atoms with Gasteiger partial charge in [-0.1, -0.05) is 20.8 Å². The van der Waals surface area contributed by atoms with Crippen molar-refractivity contribution in [2.24, 2.45) is 11.3 Å². The molecule has 2 heterocycles. The van der Waals surface area contributed by atoms with Crippen molar-refractivity contribution < 1.29 is 13.7 Å². The summed E-state index contributed by atoms with van der Waals surface area (Å²) in [6.45, 7) is 12.2. The number of amides is 1.